The minimum atomic E-state index is -0.132. The Hall–Kier alpha value is -1.35. The molecule has 0 spiro atoms. The van der Waals surface area contributed by atoms with Crippen molar-refractivity contribution in [3.63, 3.8) is 0 Å². The number of nitrogens with one attached hydrogen (secondary N) is 1. The number of hydrogen-bond donors (Lipinski definition) is 2. The highest BCUT2D eigenvalue weighted by Crippen LogP contribution is 2.68. The SMILES string of the molecule is CCC1C2CC3(C(=O)N[C@H]4CC[C@H](N)CC4)C[C@H]1CC(c1ccccc1)(C2)C3. The van der Waals surface area contributed by atoms with Crippen LogP contribution in [0.2, 0.25) is 0 Å². The average molecular weight is 381 g/mol. The Morgan fingerprint density at radius 1 is 1.04 bits per heavy atom. The molecule has 5 atom stereocenters. The van der Waals surface area contributed by atoms with E-state index >= 15 is 0 Å². The van der Waals surface area contributed by atoms with Crippen molar-refractivity contribution >= 4 is 5.91 Å². The van der Waals surface area contributed by atoms with Crippen molar-refractivity contribution in [3.05, 3.63) is 35.9 Å². The molecule has 0 aromatic heterocycles. The molecular weight excluding hydrogens is 344 g/mol. The highest BCUT2D eigenvalue weighted by atomic mass is 16.2. The molecule has 4 bridgehead atoms. The van der Waals surface area contributed by atoms with E-state index in [4.69, 9.17) is 5.73 Å². The van der Waals surface area contributed by atoms with Gasteiger partial charge in [0.25, 0.3) is 0 Å². The van der Waals surface area contributed by atoms with Crippen LogP contribution in [0.5, 0.6) is 0 Å². The maximum Gasteiger partial charge on any atom is 0.226 e. The molecule has 152 valence electrons. The van der Waals surface area contributed by atoms with E-state index in [1.807, 2.05) is 0 Å². The maximum absolute atomic E-state index is 13.7. The molecule has 5 saturated carbocycles. The summed E-state index contributed by atoms with van der Waals surface area (Å²) >= 11 is 0. The number of amides is 1. The van der Waals surface area contributed by atoms with Gasteiger partial charge in [0.15, 0.2) is 0 Å². The van der Waals surface area contributed by atoms with Gasteiger partial charge in [0.2, 0.25) is 5.91 Å². The zero-order chi connectivity index (χ0) is 19.4. The molecule has 28 heavy (non-hydrogen) atoms. The smallest absolute Gasteiger partial charge is 0.226 e. The van der Waals surface area contributed by atoms with Crippen LogP contribution in [0.25, 0.3) is 0 Å². The van der Waals surface area contributed by atoms with E-state index in [0.717, 1.165) is 62.7 Å². The summed E-state index contributed by atoms with van der Waals surface area (Å²) in [5.41, 5.74) is 7.65. The Kier molecular flexibility index (Phi) is 4.58. The topological polar surface area (TPSA) is 55.1 Å². The first-order chi connectivity index (χ1) is 13.5. The largest absolute Gasteiger partial charge is 0.353 e. The van der Waals surface area contributed by atoms with E-state index in [-0.39, 0.29) is 10.8 Å². The summed E-state index contributed by atoms with van der Waals surface area (Å²) < 4.78 is 0. The van der Waals surface area contributed by atoms with Gasteiger partial charge in [-0.15, -0.1) is 0 Å². The summed E-state index contributed by atoms with van der Waals surface area (Å²) in [6.07, 6.45) is 11.4. The molecule has 5 fully saturated rings. The average Bonchev–Trinajstić information content (AvgIpc) is 2.70. The van der Waals surface area contributed by atoms with Crippen LogP contribution in [0.3, 0.4) is 0 Å². The fourth-order valence-electron chi connectivity index (χ4n) is 7.91. The molecule has 0 aliphatic heterocycles. The highest BCUT2D eigenvalue weighted by molar-refractivity contribution is 5.84. The van der Waals surface area contributed by atoms with Gasteiger partial charge in [-0.3, -0.25) is 4.79 Å². The maximum atomic E-state index is 13.7. The first kappa shape index (κ1) is 18.7. The van der Waals surface area contributed by atoms with Gasteiger partial charge in [0, 0.05) is 12.1 Å². The lowest BCUT2D eigenvalue weighted by molar-refractivity contribution is -0.158. The second-order valence-corrected chi connectivity index (χ2v) is 10.6. The number of hydrogen-bond acceptors (Lipinski definition) is 2. The molecule has 1 amide bonds. The van der Waals surface area contributed by atoms with Crippen molar-refractivity contribution in [1.82, 2.24) is 5.32 Å². The zero-order valence-corrected chi connectivity index (χ0v) is 17.3. The van der Waals surface area contributed by atoms with Crippen LogP contribution < -0.4 is 11.1 Å². The fourth-order valence-corrected chi connectivity index (χ4v) is 7.91. The normalized spacial score (nSPS) is 44.4. The second kappa shape index (κ2) is 6.86. The predicted octanol–water partition coefficient (Wildman–Crippen LogP) is 4.55. The summed E-state index contributed by atoms with van der Waals surface area (Å²) in [5, 5.41) is 3.50. The summed E-state index contributed by atoms with van der Waals surface area (Å²) in [7, 11) is 0. The molecule has 1 aromatic carbocycles. The van der Waals surface area contributed by atoms with Crippen LogP contribution in [0.4, 0.5) is 0 Å². The van der Waals surface area contributed by atoms with Crippen LogP contribution in [0.1, 0.15) is 76.7 Å². The van der Waals surface area contributed by atoms with Crippen LogP contribution in [-0.4, -0.2) is 18.0 Å². The van der Waals surface area contributed by atoms with Crippen molar-refractivity contribution in [2.24, 2.45) is 28.9 Å². The molecule has 3 heteroatoms. The Morgan fingerprint density at radius 2 is 1.68 bits per heavy atom. The van der Waals surface area contributed by atoms with E-state index in [1.165, 1.54) is 24.8 Å². The van der Waals surface area contributed by atoms with E-state index in [0.29, 0.717) is 18.0 Å². The van der Waals surface area contributed by atoms with Crippen molar-refractivity contribution in [3.8, 4) is 0 Å². The second-order valence-electron chi connectivity index (χ2n) is 10.6. The number of nitrogens with two attached hydrogens (primary N) is 1. The minimum Gasteiger partial charge on any atom is -0.353 e. The van der Waals surface area contributed by atoms with E-state index in [9.17, 15) is 4.79 Å². The molecule has 5 aliphatic rings. The summed E-state index contributed by atoms with van der Waals surface area (Å²) in [4.78, 5) is 13.7. The van der Waals surface area contributed by atoms with Crippen LogP contribution in [-0.2, 0) is 10.2 Å². The lowest BCUT2D eigenvalue weighted by atomic mass is 9.39. The van der Waals surface area contributed by atoms with Crippen LogP contribution in [0, 0.1) is 23.2 Å². The third kappa shape index (κ3) is 2.93. The molecule has 0 heterocycles. The summed E-state index contributed by atoms with van der Waals surface area (Å²) in [6, 6.07) is 11.8. The number of carbonyl (C=O) groups excluding carboxylic acids is 1. The van der Waals surface area contributed by atoms with Gasteiger partial charge < -0.3 is 11.1 Å². The molecule has 0 radical (unpaired) electrons. The van der Waals surface area contributed by atoms with Crippen molar-refractivity contribution < 1.29 is 4.79 Å². The van der Waals surface area contributed by atoms with E-state index in [1.54, 1.807) is 0 Å². The van der Waals surface area contributed by atoms with Crippen molar-refractivity contribution in [2.45, 2.75) is 88.6 Å². The molecule has 5 aliphatic carbocycles. The summed E-state index contributed by atoms with van der Waals surface area (Å²) in [6.45, 7) is 2.36. The standard InChI is InChI=1S/C25H36N2O/c1-2-22-17-12-24(19-6-4-3-5-7-19)13-18(22)15-25(14-17,16-24)23(28)27-21-10-8-20(26)9-11-21/h3-7,17-18,20-22H,2,8-16,26H2,1H3,(H,27,28)/t17-,18?,20-,21-,22?,24?,25?/m1/s1. The van der Waals surface area contributed by atoms with Gasteiger partial charge in [-0.1, -0.05) is 43.7 Å². The van der Waals surface area contributed by atoms with E-state index < -0.39 is 0 Å². The summed E-state index contributed by atoms with van der Waals surface area (Å²) in [5.74, 6) is 2.64. The number of rotatable bonds is 4. The molecule has 3 nitrogen and oxygen atoms in total. The van der Waals surface area contributed by atoms with Crippen LogP contribution in [0.15, 0.2) is 30.3 Å². The molecule has 1 aromatic rings. The van der Waals surface area contributed by atoms with Gasteiger partial charge >= 0.3 is 0 Å². The Labute approximate surface area is 169 Å². The fraction of sp³-hybridized carbons (Fsp3) is 0.720. The van der Waals surface area contributed by atoms with Crippen molar-refractivity contribution in [1.29, 1.82) is 0 Å². The van der Waals surface area contributed by atoms with Gasteiger partial charge in [0.1, 0.15) is 0 Å². The van der Waals surface area contributed by atoms with Gasteiger partial charge in [-0.25, -0.2) is 0 Å². The molecule has 0 saturated heterocycles. The van der Waals surface area contributed by atoms with E-state index in [2.05, 4.69) is 42.6 Å². The first-order valence-electron chi connectivity index (χ1n) is 11.7. The van der Waals surface area contributed by atoms with Gasteiger partial charge in [-0.05, 0) is 86.5 Å². The highest BCUT2D eigenvalue weighted by Gasteiger charge is 2.63. The molecule has 3 N–H and O–H groups in total. The Bertz CT molecular complexity index is 705. The Balaban J connectivity index is 1.42. The quantitative estimate of drug-likeness (QED) is 0.805. The first-order valence-corrected chi connectivity index (χ1v) is 11.7. The molecule has 4 unspecified atom stereocenters. The third-order valence-electron chi connectivity index (χ3n) is 8.95. The zero-order valence-electron chi connectivity index (χ0n) is 17.3. The van der Waals surface area contributed by atoms with Crippen molar-refractivity contribution in [2.75, 3.05) is 0 Å². The minimum absolute atomic E-state index is 0.132. The predicted molar refractivity (Wildman–Crippen MR) is 113 cm³/mol. The third-order valence-corrected chi connectivity index (χ3v) is 8.95. The number of benzene rings is 1. The monoisotopic (exact) mass is 380 g/mol. The lowest BCUT2D eigenvalue weighted by Gasteiger charge is -2.64. The van der Waals surface area contributed by atoms with Gasteiger partial charge in [0.05, 0.1) is 5.41 Å². The van der Waals surface area contributed by atoms with Crippen LogP contribution >= 0.6 is 0 Å². The van der Waals surface area contributed by atoms with Gasteiger partial charge in [-0.2, -0.15) is 0 Å². The molecule has 6 rings (SSSR count). The molecular formula is C25H36N2O. The lowest BCUT2D eigenvalue weighted by Crippen LogP contribution is -2.62. The number of carbonyl (C=O) groups is 1. The Morgan fingerprint density at radius 3 is 2.29 bits per heavy atom.